The molecular weight excluding hydrogens is 248 g/mol. The largest absolute Gasteiger partial charge is 0.276 e. The average Bonchev–Trinajstić information content (AvgIpc) is 2.94. The fourth-order valence-corrected chi connectivity index (χ4v) is 2.75. The van der Waals surface area contributed by atoms with Gasteiger partial charge in [0.25, 0.3) is 0 Å². The highest BCUT2D eigenvalue weighted by atomic mass is 32.1. The molecule has 2 rings (SSSR count). The summed E-state index contributed by atoms with van der Waals surface area (Å²) in [5, 5.41) is 8.35. The van der Waals surface area contributed by atoms with Crippen LogP contribution in [0, 0.1) is 0 Å². The van der Waals surface area contributed by atoms with Gasteiger partial charge in [0.1, 0.15) is 0 Å². The van der Waals surface area contributed by atoms with Crippen molar-refractivity contribution >= 4 is 11.5 Å². The van der Waals surface area contributed by atoms with Crippen molar-refractivity contribution in [2.24, 2.45) is 12.9 Å². The van der Waals surface area contributed by atoms with E-state index in [2.05, 4.69) is 34.0 Å². The zero-order chi connectivity index (χ0) is 13.1. The monoisotopic (exact) mass is 266 g/mol. The van der Waals surface area contributed by atoms with Crippen molar-refractivity contribution in [2.45, 2.75) is 32.2 Å². The van der Waals surface area contributed by atoms with Gasteiger partial charge in [0.2, 0.25) is 0 Å². The Balaban J connectivity index is 2.20. The predicted octanol–water partition coefficient (Wildman–Crippen LogP) is 1.14. The molecule has 0 saturated heterocycles. The molecule has 0 aliphatic rings. The van der Waals surface area contributed by atoms with E-state index in [0.717, 1.165) is 22.6 Å². The van der Waals surface area contributed by atoms with Crippen molar-refractivity contribution < 1.29 is 0 Å². The van der Waals surface area contributed by atoms with Gasteiger partial charge >= 0.3 is 0 Å². The fraction of sp³-hybridized carbons (Fsp3) is 0.545. The molecule has 2 aromatic heterocycles. The van der Waals surface area contributed by atoms with Gasteiger partial charge in [0.05, 0.1) is 22.8 Å². The Labute approximate surface area is 110 Å². The van der Waals surface area contributed by atoms with Gasteiger partial charge in [-0.2, -0.15) is 5.10 Å². The molecule has 0 bridgehead atoms. The number of hydrogen-bond donors (Lipinski definition) is 2. The average molecular weight is 266 g/mol. The molecular formula is C11H18N6S. The maximum Gasteiger partial charge on any atom is 0.0829 e. The number of aryl methyl sites for hydroxylation is 1. The second kappa shape index (κ2) is 5.55. The Kier molecular flexibility index (Phi) is 4.05. The second-order valence-electron chi connectivity index (χ2n) is 4.62. The third-order valence-electron chi connectivity index (χ3n) is 2.80. The zero-order valence-electron chi connectivity index (χ0n) is 10.8. The molecule has 1 unspecified atom stereocenters. The minimum absolute atomic E-state index is 0.0339. The zero-order valence-corrected chi connectivity index (χ0v) is 11.6. The SMILES string of the molecule is CC(C)c1nnsc1C(Cc1cnn(C)c1)NN. The van der Waals surface area contributed by atoms with Crippen molar-refractivity contribution in [3.8, 4) is 0 Å². The maximum absolute atomic E-state index is 5.66. The number of aromatic nitrogens is 4. The second-order valence-corrected chi connectivity index (χ2v) is 5.41. The van der Waals surface area contributed by atoms with Crippen LogP contribution in [-0.4, -0.2) is 19.4 Å². The van der Waals surface area contributed by atoms with E-state index in [1.54, 1.807) is 4.68 Å². The lowest BCUT2D eigenvalue weighted by atomic mass is 10.0. The van der Waals surface area contributed by atoms with Gasteiger partial charge in [0.15, 0.2) is 0 Å². The Morgan fingerprint density at radius 2 is 2.28 bits per heavy atom. The van der Waals surface area contributed by atoms with Crippen LogP contribution < -0.4 is 11.3 Å². The molecule has 6 nitrogen and oxygen atoms in total. The lowest BCUT2D eigenvalue weighted by Crippen LogP contribution is -2.29. The molecule has 1 atom stereocenters. The van der Waals surface area contributed by atoms with Crippen LogP contribution >= 0.6 is 11.5 Å². The van der Waals surface area contributed by atoms with Crippen LogP contribution in [0.15, 0.2) is 12.4 Å². The van der Waals surface area contributed by atoms with Crippen molar-refractivity contribution in [3.05, 3.63) is 28.5 Å². The smallest absolute Gasteiger partial charge is 0.0829 e. The number of nitrogens with two attached hydrogens (primary N) is 1. The summed E-state index contributed by atoms with van der Waals surface area (Å²) in [7, 11) is 1.90. The van der Waals surface area contributed by atoms with Gasteiger partial charge in [-0.25, -0.2) is 0 Å². The first-order valence-electron chi connectivity index (χ1n) is 5.87. The quantitative estimate of drug-likeness (QED) is 0.626. The molecule has 0 spiro atoms. The Morgan fingerprint density at radius 3 is 2.83 bits per heavy atom. The van der Waals surface area contributed by atoms with Crippen molar-refractivity contribution in [1.29, 1.82) is 0 Å². The molecule has 0 aliphatic heterocycles. The number of nitrogens with zero attached hydrogens (tertiary/aromatic N) is 4. The van der Waals surface area contributed by atoms with Crippen molar-refractivity contribution in [2.75, 3.05) is 0 Å². The molecule has 98 valence electrons. The maximum atomic E-state index is 5.66. The number of nitrogens with one attached hydrogen (secondary N) is 1. The van der Waals surface area contributed by atoms with Gasteiger partial charge < -0.3 is 0 Å². The summed E-state index contributed by atoms with van der Waals surface area (Å²) < 4.78 is 5.82. The molecule has 18 heavy (non-hydrogen) atoms. The number of hydrogen-bond acceptors (Lipinski definition) is 6. The minimum Gasteiger partial charge on any atom is -0.276 e. The first-order chi connectivity index (χ1) is 8.61. The highest BCUT2D eigenvalue weighted by Gasteiger charge is 2.20. The standard InChI is InChI=1S/C11H18N6S/c1-7(2)10-11(18-16-15-10)9(14-12)4-8-5-13-17(3)6-8/h5-7,9,14H,4,12H2,1-3H3. The predicted molar refractivity (Wildman–Crippen MR) is 71.0 cm³/mol. The minimum atomic E-state index is 0.0339. The van der Waals surface area contributed by atoms with Gasteiger partial charge in [-0.1, -0.05) is 18.3 Å². The van der Waals surface area contributed by atoms with E-state index in [-0.39, 0.29) is 6.04 Å². The summed E-state index contributed by atoms with van der Waals surface area (Å²) in [5.41, 5.74) is 5.01. The topological polar surface area (TPSA) is 81.7 Å². The molecule has 3 N–H and O–H groups in total. The van der Waals surface area contributed by atoms with E-state index < -0.39 is 0 Å². The van der Waals surface area contributed by atoms with E-state index in [9.17, 15) is 0 Å². The summed E-state index contributed by atoms with van der Waals surface area (Å²) in [6.45, 7) is 4.22. The van der Waals surface area contributed by atoms with E-state index in [0.29, 0.717) is 5.92 Å². The van der Waals surface area contributed by atoms with Crippen molar-refractivity contribution in [1.82, 2.24) is 24.8 Å². The van der Waals surface area contributed by atoms with Gasteiger partial charge in [-0.15, -0.1) is 5.10 Å². The number of rotatable bonds is 5. The lowest BCUT2D eigenvalue weighted by molar-refractivity contribution is 0.551. The van der Waals surface area contributed by atoms with E-state index in [1.807, 2.05) is 19.4 Å². The normalized spacial score (nSPS) is 13.2. The molecule has 2 heterocycles. The summed E-state index contributed by atoms with van der Waals surface area (Å²) in [5.74, 6) is 6.01. The first kappa shape index (κ1) is 13.1. The molecule has 7 heteroatoms. The highest BCUT2D eigenvalue weighted by molar-refractivity contribution is 7.05. The van der Waals surface area contributed by atoms with Gasteiger partial charge in [-0.3, -0.25) is 16.0 Å². The molecule has 0 fully saturated rings. The molecule has 0 aliphatic carbocycles. The number of hydrazine groups is 1. The van der Waals surface area contributed by atoms with Crippen LogP contribution in [0.1, 0.15) is 41.9 Å². The highest BCUT2D eigenvalue weighted by Crippen LogP contribution is 2.27. The molecule has 0 aromatic carbocycles. The first-order valence-corrected chi connectivity index (χ1v) is 6.65. The Bertz CT molecular complexity index is 503. The van der Waals surface area contributed by atoms with Crippen LogP contribution in [0.25, 0.3) is 0 Å². The fourth-order valence-electron chi connectivity index (χ4n) is 1.89. The lowest BCUT2D eigenvalue weighted by Gasteiger charge is -2.15. The third-order valence-corrected chi connectivity index (χ3v) is 3.66. The van der Waals surface area contributed by atoms with Crippen molar-refractivity contribution in [3.63, 3.8) is 0 Å². The molecule has 0 amide bonds. The van der Waals surface area contributed by atoms with Gasteiger partial charge in [0, 0.05) is 13.2 Å². The molecule has 2 aromatic rings. The summed E-state index contributed by atoms with van der Waals surface area (Å²) in [4.78, 5) is 1.11. The Hall–Kier alpha value is -1.31. The van der Waals surface area contributed by atoms with E-state index >= 15 is 0 Å². The molecule has 0 saturated carbocycles. The van der Waals surface area contributed by atoms with Crippen LogP contribution in [-0.2, 0) is 13.5 Å². The van der Waals surface area contributed by atoms with Gasteiger partial charge in [-0.05, 0) is 29.4 Å². The van der Waals surface area contributed by atoms with Crippen LogP contribution in [0.3, 0.4) is 0 Å². The van der Waals surface area contributed by atoms with Crippen LogP contribution in [0.5, 0.6) is 0 Å². The van der Waals surface area contributed by atoms with Crippen LogP contribution in [0.2, 0.25) is 0 Å². The summed E-state index contributed by atoms with van der Waals surface area (Å²) >= 11 is 1.41. The Morgan fingerprint density at radius 1 is 1.50 bits per heavy atom. The van der Waals surface area contributed by atoms with E-state index in [1.165, 1.54) is 11.5 Å². The molecule has 0 radical (unpaired) electrons. The van der Waals surface area contributed by atoms with E-state index in [4.69, 9.17) is 5.84 Å². The summed E-state index contributed by atoms with van der Waals surface area (Å²) in [6, 6.07) is 0.0339. The third kappa shape index (κ3) is 2.74. The summed E-state index contributed by atoms with van der Waals surface area (Å²) in [6.07, 6.45) is 4.63. The van der Waals surface area contributed by atoms with Crippen LogP contribution in [0.4, 0.5) is 0 Å².